The Morgan fingerprint density at radius 2 is 1.70 bits per heavy atom. The summed E-state index contributed by atoms with van der Waals surface area (Å²) in [6.07, 6.45) is 3.08. The predicted octanol–water partition coefficient (Wildman–Crippen LogP) is 3.23. The first kappa shape index (κ1) is 16.2. The van der Waals surface area contributed by atoms with Crippen LogP contribution >= 0.6 is 0 Å². The molecule has 0 amide bonds. The van der Waals surface area contributed by atoms with Crippen molar-refractivity contribution in [3.63, 3.8) is 0 Å². The molecule has 1 aliphatic rings. The first-order chi connectivity index (χ1) is 13.3. The second-order valence-corrected chi connectivity index (χ2v) is 6.98. The van der Waals surface area contributed by atoms with Gasteiger partial charge in [-0.25, -0.2) is 14.6 Å². The van der Waals surface area contributed by atoms with E-state index in [-0.39, 0.29) is 6.61 Å². The summed E-state index contributed by atoms with van der Waals surface area (Å²) in [7, 11) is 0. The predicted molar refractivity (Wildman–Crippen MR) is 103 cm³/mol. The van der Waals surface area contributed by atoms with Gasteiger partial charge in [0.05, 0.1) is 16.7 Å². The lowest BCUT2D eigenvalue weighted by atomic mass is 10.3. The van der Waals surface area contributed by atoms with E-state index in [2.05, 4.69) is 21.7 Å². The molecule has 27 heavy (non-hydrogen) atoms. The molecule has 4 aromatic rings. The van der Waals surface area contributed by atoms with Gasteiger partial charge in [-0.15, -0.1) is 0 Å². The number of nitrogens with zero attached hydrogens (tertiary/aromatic N) is 5. The molecule has 6 heteroatoms. The van der Waals surface area contributed by atoms with E-state index in [0.717, 1.165) is 34.8 Å². The monoisotopic (exact) mass is 359 g/mol. The van der Waals surface area contributed by atoms with Gasteiger partial charge in [-0.05, 0) is 37.1 Å². The number of aliphatic hydroxyl groups excluding tert-OH is 1. The zero-order valence-electron chi connectivity index (χ0n) is 15.0. The van der Waals surface area contributed by atoms with Crippen LogP contribution in [0.3, 0.4) is 0 Å². The zero-order chi connectivity index (χ0) is 18.2. The summed E-state index contributed by atoms with van der Waals surface area (Å²) in [5.41, 5.74) is 2.98. The fourth-order valence-electron chi connectivity index (χ4n) is 3.52. The minimum absolute atomic E-state index is 0.0760. The number of para-hydroxylation sites is 3. The van der Waals surface area contributed by atoms with Gasteiger partial charge in [-0.3, -0.25) is 0 Å². The summed E-state index contributed by atoms with van der Waals surface area (Å²) in [4.78, 5) is 9.38. The number of hydrogen-bond acceptors (Lipinski definition) is 4. The Labute approximate surface area is 157 Å². The summed E-state index contributed by atoms with van der Waals surface area (Å²) in [5.74, 6) is 3.09. The van der Waals surface area contributed by atoms with Crippen LogP contribution in [0.2, 0.25) is 0 Å². The molecule has 0 unspecified atom stereocenters. The number of fused-ring (bicyclic) bond motifs is 1. The van der Waals surface area contributed by atoms with Gasteiger partial charge in [-0.2, -0.15) is 5.10 Å². The first-order valence-corrected chi connectivity index (χ1v) is 9.40. The Bertz CT molecular complexity index is 1080. The Morgan fingerprint density at radius 1 is 0.926 bits per heavy atom. The average molecular weight is 359 g/mol. The number of hydrogen-bond donors (Lipinski definition) is 1. The molecule has 1 aliphatic carbocycles. The fourth-order valence-corrected chi connectivity index (χ4v) is 3.52. The minimum atomic E-state index is -0.0760. The van der Waals surface area contributed by atoms with E-state index in [4.69, 9.17) is 10.1 Å². The van der Waals surface area contributed by atoms with Crippen molar-refractivity contribution in [3.05, 3.63) is 72.1 Å². The summed E-state index contributed by atoms with van der Waals surface area (Å²) in [5, 5.41) is 14.5. The first-order valence-electron chi connectivity index (χ1n) is 9.40. The van der Waals surface area contributed by atoms with Crippen molar-refractivity contribution in [1.82, 2.24) is 24.3 Å². The molecule has 1 fully saturated rings. The summed E-state index contributed by atoms with van der Waals surface area (Å²) in [6, 6.07) is 18.1. The molecule has 136 valence electrons. The largest absolute Gasteiger partial charge is 0.388 e. The lowest BCUT2D eigenvalue weighted by molar-refractivity contribution is 0.265. The molecule has 0 saturated heterocycles. The van der Waals surface area contributed by atoms with Crippen molar-refractivity contribution in [2.24, 2.45) is 0 Å². The molecule has 0 aliphatic heterocycles. The molecule has 2 heterocycles. The van der Waals surface area contributed by atoms with Gasteiger partial charge < -0.3 is 9.67 Å². The van der Waals surface area contributed by atoms with E-state index in [1.165, 1.54) is 12.8 Å². The Kier molecular flexibility index (Phi) is 3.98. The molecular weight excluding hydrogens is 338 g/mol. The van der Waals surface area contributed by atoms with Gasteiger partial charge in [0.1, 0.15) is 18.3 Å². The molecule has 6 nitrogen and oxygen atoms in total. The van der Waals surface area contributed by atoms with Crippen LogP contribution < -0.4 is 0 Å². The van der Waals surface area contributed by atoms with Crippen LogP contribution in [0.4, 0.5) is 0 Å². The molecule has 1 N–H and O–H groups in total. The third-order valence-corrected chi connectivity index (χ3v) is 5.07. The van der Waals surface area contributed by atoms with Crippen molar-refractivity contribution in [2.45, 2.75) is 38.3 Å². The van der Waals surface area contributed by atoms with Gasteiger partial charge in [0, 0.05) is 18.9 Å². The number of aliphatic hydroxyl groups is 1. The van der Waals surface area contributed by atoms with Crippen LogP contribution in [0.25, 0.3) is 16.7 Å². The van der Waals surface area contributed by atoms with Crippen molar-refractivity contribution >= 4 is 11.0 Å². The smallest absolute Gasteiger partial charge is 0.154 e. The van der Waals surface area contributed by atoms with Crippen LogP contribution in [0.1, 0.15) is 36.2 Å². The molecular formula is C21H21N5O. The second-order valence-electron chi connectivity index (χ2n) is 6.98. The SMILES string of the molecule is OCc1nc2ccccc2n1CCc1nc(C2CC2)nn1-c1ccccc1. The summed E-state index contributed by atoms with van der Waals surface area (Å²) in [6.45, 7) is 0.624. The van der Waals surface area contributed by atoms with Crippen molar-refractivity contribution in [3.8, 4) is 5.69 Å². The lowest BCUT2D eigenvalue weighted by Gasteiger charge is -2.09. The molecule has 0 spiro atoms. The average Bonchev–Trinajstić information content (AvgIpc) is 3.38. The molecule has 5 rings (SSSR count). The van der Waals surface area contributed by atoms with Gasteiger partial charge in [-0.1, -0.05) is 30.3 Å². The topological polar surface area (TPSA) is 68.8 Å². The second kappa shape index (κ2) is 6.63. The maximum atomic E-state index is 9.72. The van der Waals surface area contributed by atoms with E-state index in [1.807, 2.05) is 47.1 Å². The zero-order valence-corrected chi connectivity index (χ0v) is 15.0. The third-order valence-electron chi connectivity index (χ3n) is 5.07. The van der Waals surface area contributed by atoms with Crippen LogP contribution in [0.15, 0.2) is 54.6 Å². The minimum Gasteiger partial charge on any atom is -0.388 e. The van der Waals surface area contributed by atoms with E-state index in [1.54, 1.807) is 0 Å². The van der Waals surface area contributed by atoms with E-state index in [0.29, 0.717) is 18.3 Å². The van der Waals surface area contributed by atoms with E-state index >= 15 is 0 Å². The summed E-state index contributed by atoms with van der Waals surface area (Å²) >= 11 is 0. The number of rotatable bonds is 6. The highest BCUT2D eigenvalue weighted by atomic mass is 16.3. The van der Waals surface area contributed by atoms with Crippen molar-refractivity contribution in [2.75, 3.05) is 0 Å². The highest BCUT2D eigenvalue weighted by Crippen LogP contribution is 2.38. The number of imidazole rings is 1. The Balaban J connectivity index is 1.49. The van der Waals surface area contributed by atoms with Crippen LogP contribution in [-0.2, 0) is 19.6 Å². The fraction of sp³-hybridized carbons (Fsp3) is 0.286. The maximum absolute atomic E-state index is 9.72. The van der Waals surface area contributed by atoms with Gasteiger partial charge in [0.15, 0.2) is 5.82 Å². The van der Waals surface area contributed by atoms with E-state index < -0.39 is 0 Å². The molecule has 0 radical (unpaired) electrons. The molecule has 0 atom stereocenters. The molecule has 1 saturated carbocycles. The maximum Gasteiger partial charge on any atom is 0.154 e. The van der Waals surface area contributed by atoms with E-state index in [9.17, 15) is 5.11 Å². The standard InChI is InChI=1S/C21H21N5O/c27-14-20-22-17-8-4-5-9-18(17)25(20)13-12-19-23-21(15-10-11-15)24-26(19)16-6-2-1-3-7-16/h1-9,15,27H,10-14H2. The Hall–Kier alpha value is -2.99. The number of benzene rings is 2. The highest BCUT2D eigenvalue weighted by molar-refractivity contribution is 5.75. The molecule has 2 aromatic carbocycles. The number of aromatic nitrogens is 5. The van der Waals surface area contributed by atoms with Gasteiger partial charge in [0.25, 0.3) is 0 Å². The third kappa shape index (κ3) is 3.02. The highest BCUT2D eigenvalue weighted by Gasteiger charge is 2.29. The molecule has 2 aromatic heterocycles. The molecule has 0 bridgehead atoms. The van der Waals surface area contributed by atoms with Gasteiger partial charge >= 0.3 is 0 Å². The quantitative estimate of drug-likeness (QED) is 0.574. The van der Waals surface area contributed by atoms with Crippen molar-refractivity contribution < 1.29 is 5.11 Å². The van der Waals surface area contributed by atoms with Crippen LogP contribution in [0.5, 0.6) is 0 Å². The number of aryl methyl sites for hydroxylation is 2. The normalized spacial score (nSPS) is 14.1. The van der Waals surface area contributed by atoms with Crippen LogP contribution in [-0.4, -0.2) is 29.4 Å². The van der Waals surface area contributed by atoms with Gasteiger partial charge in [0.2, 0.25) is 0 Å². The lowest BCUT2D eigenvalue weighted by Crippen LogP contribution is -2.10. The Morgan fingerprint density at radius 3 is 2.48 bits per heavy atom. The van der Waals surface area contributed by atoms with Crippen molar-refractivity contribution in [1.29, 1.82) is 0 Å². The summed E-state index contributed by atoms with van der Waals surface area (Å²) < 4.78 is 4.04. The van der Waals surface area contributed by atoms with Crippen LogP contribution in [0, 0.1) is 0 Å².